The van der Waals surface area contributed by atoms with Crippen molar-refractivity contribution in [3.63, 3.8) is 0 Å². The largest absolute Gasteiger partial charge is 0.356 e. The van der Waals surface area contributed by atoms with Gasteiger partial charge in [0.25, 0.3) is 0 Å². The van der Waals surface area contributed by atoms with Gasteiger partial charge in [0, 0.05) is 17.5 Å². The van der Waals surface area contributed by atoms with Crippen molar-refractivity contribution in [2.75, 3.05) is 12.3 Å². The van der Waals surface area contributed by atoms with Crippen molar-refractivity contribution in [3.8, 4) is 0 Å². The van der Waals surface area contributed by atoms with Crippen LogP contribution in [-0.4, -0.2) is 29.0 Å². The van der Waals surface area contributed by atoms with E-state index in [1.54, 1.807) is 0 Å². The molecule has 0 aliphatic carbocycles. The molecule has 3 rings (SSSR count). The van der Waals surface area contributed by atoms with Crippen LogP contribution in [0.15, 0.2) is 70.4 Å². The quantitative estimate of drug-likeness (QED) is 0.306. The van der Waals surface area contributed by atoms with Gasteiger partial charge in [-0.1, -0.05) is 72.4 Å². The average Bonchev–Trinajstić information content (AvgIpc) is 3.18. The Hall–Kier alpha value is -2.44. The third-order valence-electron chi connectivity index (χ3n) is 4.10. The molecular weight excluding hydrogens is 388 g/mol. The molecule has 0 saturated heterocycles. The highest BCUT2D eigenvalue weighted by Gasteiger charge is 2.10. The summed E-state index contributed by atoms with van der Waals surface area (Å²) in [7, 11) is 0. The SMILES string of the molecule is O=C(Cc1csc(SCC(=O)c2ccccc2)n1)NCCCc1ccccc1. The lowest BCUT2D eigenvalue weighted by molar-refractivity contribution is -0.120. The zero-order valence-corrected chi connectivity index (χ0v) is 17.1. The summed E-state index contributed by atoms with van der Waals surface area (Å²) in [5.74, 6) is 0.414. The maximum absolute atomic E-state index is 12.1. The second kappa shape index (κ2) is 10.8. The van der Waals surface area contributed by atoms with Crippen LogP contribution in [0, 0.1) is 0 Å². The fraction of sp³-hybridized carbons (Fsp3) is 0.227. The molecule has 1 heterocycles. The van der Waals surface area contributed by atoms with E-state index in [9.17, 15) is 9.59 Å². The lowest BCUT2D eigenvalue weighted by Gasteiger charge is -2.04. The number of ketones is 1. The van der Waals surface area contributed by atoms with Gasteiger partial charge in [-0.25, -0.2) is 4.98 Å². The first-order valence-electron chi connectivity index (χ1n) is 9.17. The Kier molecular flexibility index (Phi) is 7.82. The molecule has 0 fully saturated rings. The number of benzene rings is 2. The van der Waals surface area contributed by atoms with Crippen LogP contribution in [0.5, 0.6) is 0 Å². The van der Waals surface area contributed by atoms with Crippen molar-refractivity contribution in [2.45, 2.75) is 23.6 Å². The predicted octanol–water partition coefficient (Wildman–Crippen LogP) is 4.41. The highest BCUT2D eigenvalue weighted by atomic mass is 32.2. The Morgan fingerprint density at radius 2 is 1.71 bits per heavy atom. The van der Waals surface area contributed by atoms with Gasteiger partial charge in [-0.3, -0.25) is 9.59 Å². The van der Waals surface area contributed by atoms with Crippen LogP contribution in [0.25, 0.3) is 0 Å². The van der Waals surface area contributed by atoms with E-state index in [0.29, 0.717) is 17.9 Å². The Morgan fingerprint density at radius 3 is 2.46 bits per heavy atom. The van der Waals surface area contributed by atoms with E-state index in [-0.39, 0.29) is 18.1 Å². The van der Waals surface area contributed by atoms with Crippen molar-refractivity contribution in [1.82, 2.24) is 10.3 Å². The number of aryl methyl sites for hydroxylation is 1. The minimum Gasteiger partial charge on any atom is -0.356 e. The molecule has 3 aromatic rings. The fourth-order valence-electron chi connectivity index (χ4n) is 2.66. The highest BCUT2D eigenvalue weighted by Crippen LogP contribution is 2.23. The summed E-state index contributed by atoms with van der Waals surface area (Å²) in [5.41, 5.74) is 2.74. The van der Waals surface area contributed by atoms with Crippen LogP contribution in [0.1, 0.15) is 28.0 Å². The lowest BCUT2D eigenvalue weighted by atomic mass is 10.1. The molecule has 6 heteroatoms. The van der Waals surface area contributed by atoms with E-state index in [0.717, 1.165) is 22.9 Å². The van der Waals surface area contributed by atoms with Crippen LogP contribution in [0.3, 0.4) is 0 Å². The van der Waals surface area contributed by atoms with Crippen molar-refractivity contribution in [3.05, 3.63) is 82.9 Å². The summed E-state index contributed by atoms with van der Waals surface area (Å²) in [6, 6.07) is 19.5. The maximum Gasteiger partial charge on any atom is 0.226 e. The van der Waals surface area contributed by atoms with Gasteiger partial charge in [-0.2, -0.15) is 0 Å². The molecule has 0 saturated carbocycles. The lowest BCUT2D eigenvalue weighted by Crippen LogP contribution is -2.26. The first-order chi connectivity index (χ1) is 13.7. The molecule has 1 aromatic heterocycles. The number of carbonyl (C=O) groups is 2. The number of thiazole rings is 1. The van der Waals surface area contributed by atoms with Crippen LogP contribution < -0.4 is 5.32 Å². The number of thioether (sulfide) groups is 1. The monoisotopic (exact) mass is 410 g/mol. The van der Waals surface area contributed by atoms with Gasteiger partial charge in [0.1, 0.15) is 0 Å². The minimum absolute atomic E-state index is 0.0183. The summed E-state index contributed by atoms with van der Waals surface area (Å²) in [6.45, 7) is 0.658. The zero-order valence-electron chi connectivity index (χ0n) is 15.5. The van der Waals surface area contributed by atoms with Crippen molar-refractivity contribution in [2.24, 2.45) is 0 Å². The standard InChI is InChI=1S/C22H22N2O2S2/c25-20(18-11-5-2-6-12-18)16-28-22-24-19(15-27-22)14-21(26)23-13-7-10-17-8-3-1-4-9-17/h1-6,8-9,11-12,15H,7,10,13-14,16H2,(H,23,26). The molecule has 0 spiro atoms. The molecule has 0 bridgehead atoms. The minimum atomic E-state index is -0.0183. The molecule has 1 amide bonds. The first kappa shape index (κ1) is 20.3. The predicted molar refractivity (Wildman–Crippen MR) is 115 cm³/mol. The molecule has 0 aliphatic rings. The number of Topliss-reactive ketones (excluding diaryl/α,β-unsaturated/α-hetero) is 1. The van der Waals surface area contributed by atoms with Crippen LogP contribution in [0.2, 0.25) is 0 Å². The number of aromatic nitrogens is 1. The van der Waals surface area contributed by atoms with Crippen LogP contribution in [0.4, 0.5) is 0 Å². The van der Waals surface area contributed by atoms with Gasteiger partial charge < -0.3 is 5.32 Å². The smallest absolute Gasteiger partial charge is 0.226 e. The number of nitrogens with zero attached hydrogens (tertiary/aromatic N) is 1. The van der Waals surface area contributed by atoms with Gasteiger partial charge in [0.15, 0.2) is 10.1 Å². The Labute approximate surface area is 173 Å². The molecule has 0 unspecified atom stereocenters. The summed E-state index contributed by atoms with van der Waals surface area (Å²) < 4.78 is 0.816. The average molecular weight is 411 g/mol. The van der Waals surface area contributed by atoms with Gasteiger partial charge in [-0.15, -0.1) is 11.3 Å². The van der Waals surface area contributed by atoms with E-state index in [4.69, 9.17) is 0 Å². The summed E-state index contributed by atoms with van der Waals surface area (Å²) in [5, 5.41) is 4.83. The number of nitrogens with one attached hydrogen (secondary N) is 1. The van der Waals surface area contributed by atoms with E-state index in [1.807, 2.05) is 53.9 Å². The maximum atomic E-state index is 12.1. The van der Waals surface area contributed by atoms with Crippen molar-refractivity contribution >= 4 is 34.8 Å². The normalized spacial score (nSPS) is 10.6. The first-order valence-corrected chi connectivity index (χ1v) is 11.0. The van der Waals surface area contributed by atoms with Gasteiger partial charge >= 0.3 is 0 Å². The summed E-state index contributed by atoms with van der Waals surface area (Å²) in [4.78, 5) is 28.7. The molecule has 0 atom stereocenters. The molecule has 4 nitrogen and oxygen atoms in total. The molecule has 0 radical (unpaired) electrons. The molecule has 1 N–H and O–H groups in total. The molecule has 144 valence electrons. The molecule has 28 heavy (non-hydrogen) atoms. The number of hydrogen-bond donors (Lipinski definition) is 1. The van der Waals surface area contributed by atoms with Crippen LogP contribution in [-0.2, 0) is 17.6 Å². The van der Waals surface area contributed by atoms with E-state index < -0.39 is 0 Å². The topological polar surface area (TPSA) is 59.1 Å². The second-order valence-electron chi connectivity index (χ2n) is 6.30. The van der Waals surface area contributed by atoms with Gasteiger partial charge in [0.2, 0.25) is 5.91 Å². The summed E-state index contributed by atoms with van der Waals surface area (Å²) in [6.07, 6.45) is 2.14. The number of carbonyl (C=O) groups excluding carboxylic acids is 2. The Morgan fingerprint density at radius 1 is 1.00 bits per heavy atom. The van der Waals surface area contributed by atoms with Crippen molar-refractivity contribution < 1.29 is 9.59 Å². The zero-order chi connectivity index (χ0) is 19.6. The molecule has 0 aliphatic heterocycles. The van der Waals surface area contributed by atoms with Gasteiger partial charge in [-0.05, 0) is 18.4 Å². The highest BCUT2D eigenvalue weighted by molar-refractivity contribution is 8.01. The number of hydrogen-bond acceptors (Lipinski definition) is 5. The number of amides is 1. The third-order valence-corrected chi connectivity index (χ3v) is 6.17. The number of rotatable bonds is 10. The summed E-state index contributed by atoms with van der Waals surface area (Å²) >= 11 is 2.89. The van der Waals surface area contributed by atoms with Crippen molar-refractivity contribution in [1.29, 1.82) is 0 Å². The molecular formula is C22H22N2O2S2. The van der Waals surface area contributed by atoms with Crippen LogP contribution >= 0.6 is 23.1 Å². The van der Waals surface area contributed by atoms with E-state index in [2.05, 4.69) is 22.4 Å². The Balaban J connectivity index is 1.36. The second-order valence-corrected chi connectivity index (χ2v) is 8.38. The Bertz CT molecular complexity index is 895. The fourth-order valence-corrected chi connectivity index (χ4v) is 4.40. The van der Waals surface area contributed by atoms with E-state index in [1.165, 1.54) is 28.7 Å². The third kappa shape index (κ3) is 6.62. The van der Waals surface area contributed by atoms with Gasteiger partial charge in [0.05, 0.1) is 17.9 Å². The van der Waals surface area contributed by atoms with E-state index >= 15 is 0 Å². The molecule has 2 aromatic carbocycles.